The number of hydrogen-bond donors (Lipinski definition) is 0. The molecule has 94 valence electrons. The molecule has 0 unspecified atom stereocenters. The molecule has 0 fully saturated rings. The van der Waals surface area contributed by atoms with Crippen molar-refractivity contribution in [3.05, 3.63) is 65.0 Å². The molecular weight excluding hydrogens is 232 g/mol. The lowest BCUT2D eigenvalue weighted by atomic mass is 10.0. The van der Waals surface area contributed by atoms with Gasteiger partial charge in [0.15, 0.2) is 5.82 Å². The van der Waals surface area contributed by atoms with Crippen LogP contribution in [0.2, 0.25) is 0 Å². The molecule has 0 saturated heterocycles. The predicted molar refractivity (Wildman–Crippen MR) is 67.4 cm³/mol. The molecule has 3 heteroatoms. The van der Waals surface area contributed by atoms with Gasteiger partial charge in [-0.2, -0.15) is 4.39 Å². The predicted octanol–water partition coefficient (Wildman–Crippen LogP) is 3.71. The van der Waals surface area contributed by atoms with Crippen LogP contribution in [0.5, 0.6) is 0 Å². The SMILES string of the molecule is CCc1ccc(CCc2cnc(F)c(F)c2)cc1. The minimum Gasteiger partial charge on any atom is -0.225 e. The Balaban J connectivity index is 1.99. The third kappa shape index (κ3) is 3.13. The highest BCUT2D eigenvalue weighted by Crippen LogP contribution is 2.11. The van der Waals surface area contributed by atoms with Crippen LogP contribution >= 0.6 is 0 Å². The fraction of sp³-hybridized carbons (Fsp3) is 0.267. The van der Waals surface area contributed by atoms with Gasteiger partial charge in [0.1, 0.15) is 0 Å². The van der Waals surface area contributed by atoms with Crippen LogP contribution in [0.15, 0.2) is 36.5 Å². The van der Waals surface area contributed by atoms with Crippen LogP contribution in [0.4, 0.5) is 8.78 Å². The van der Waals surface area contributed by atoms with E-state index >= 15 is 0 Å². The molecule has 18 heavy (non-hydrogen) atoms. The molecular formula is C15H15F2N. The summed E-state index contributed by atoms with van der Waals surface area (Å²) in [7, 11) is 0. The van der Waals surface area contributed by atoms with E-state index in [0.717, 1.165) is 12.8 Å². The summed E-state index contributed by atoms with van der Waals surface area (Å²) in [6, 6.07) is 9.55. The minimum atomic E-state index is -1.04. The Morgan fingerprint density at radius 3 is 2.17 bits per heavy atom. The smallest absolute Gasteiger partial charge is 0.225 e. The number of aromatic nitrogens is 1. The molecule has 1 heterocycles. The second-order valence-corrected chi connectivity index (χ2v) is 4.29. The largest absolute Gasteiger partial charge is 0.248 e. The van der Waals surface area contributed by atoms with Gasteiger partial charge in [-0.25, -0.2) is 9.37 Å². The summed E-state index contributed by atoms with van der Waals surface area (Å²) in [5, 5.41) is 0. The van der Waals surface area contributed by atoms with Crippen LogP contribution in [0.1, 0.15) is 23.6 Å². The maximum absolute atomic E-state index is 13.0. The van der Waals surface area contributed by atoms with Gasteiger partial charge >= 0.3 is 0 Å². The molecule has 0 aliphatic heterocycles. The van der Waals surface area contributed by atoms with Crippen LogP contribution in [0.25, 0.3) is 0 Å². The summed E-state index contributed by atoms with van der Waals surface area (Å²) < 4.78 is 25.6. The van der Waals surface area contributed by atoms with Crippen LogP contribution in [-0.2, 0) is 19.3 Å². The molecule has 2 aromatic rings. The zero-order valence-corrected chi connectivity index (χ0v) is 10.3. The number of pyridine rings is 1. The molecule has 0 bridgehead atoms. The van der Waals surface area contributed by atoms with Crippen molar-refractivity contribution in [1.29, 1.82) is 0 Å². The summed E-state index contributed by atoms with van der Waals surface area (Å²) in [6.07, 6.45) is 3.87. The topological polar surface area (TPSA) is 12.9 Å². The number of rotatable bonds is 4. The minimum absolute atomic E-state index is 0.662. The Bertz CT molecular complexity index is 521. The lowest BCUT2D eigenvalue weighted by Crippen LogP contribution is -1.96. The summed E-state index contributed by atoms with van der Waals surface area (Å²) in [5.74, 6) is -1.92. The standard InChI is InChI=1S/C15H15F2N/c1-2-11-3-5-12(6-4-11)7-8-13-9-14(16)15(17)18-10-13/h3-6,9-10H,2,7-8H2,1H3. The molecule has 1 aromatic carbocycles. The van der Waals surface area contributed by atoms with Crippen LogP contribution in [0, 0.1) is 11.8 Å². The van der Waals surface area contributed by atoms with E-state index in [2.05, 4.69) is 36.2 Å². The Morgan fingerprint density at radius 2 is 1.56 bits per heavy atom. The van der Waals surface area contributed by atoms with E-state index < -0.39 is 11.8 Å². The highest BCUT2D eigenvalue weighted by molar-refractivity contribution is 5.23. The van der Waals surface area contributed by atoms with Crippen molar-refractivity contribution < 1.29 is 8.78 Å². The molecule has 0 saturated carbocycles. The Morgan fingerprint density at radius 1 is 0.944 bits per heavy atom. The summed E-state index contributed by atoms with van der Waals surface area (Å²) in [5.41, 5.74) is 3.21. The summed E-state index contributed by atoms with van der Waals surface area (Å²) in [4.78, 5) is 3.38. The van der Waals surface area contributed by atoms with Gasteiger partial charge < -0.3 is 0 Å². The Kier molecular flexibility index (Phi) is 4.03. The van der Waals surface area contributed by atoms with Gasteiger partial charge in [0, 0.05) is 6.20 Å². The highest BCUT2D eigenvalue weighted by atomic mass is 19.2. The number of benzene rings is 1. The molecule has 0 aliphatic rings. The van der Waals surface area contributed by atoms with Crippen molar-refractivity contribution in [2.75, 3.05) is 0 Å². The maximum atomic E-state index is 13.0. The number of halogens is 2. The summed E-state index contributed by atoms with van der Waals surface area (Å²) >= 11 is 0. The maximum Gasteiger partial charge on any atom is 0.248 e. The van der Waals surface area contributed by atoms with Gasteiger partial charge in [-0.15, -0.1) is 0 Å². The van der Waals surface area contributed by atoms with Crippen LogP contribution < -0.4 is 0 Å². The summed E-state index contributed by atoms with van der Waals surface area (Å²) in [6.45, 7) is 2.11. The second kappa shape index (κ2) is 5.71. The molecule has 0 N–H and O–H groups in total. The molecule has 0 atom stereocenters. The van der Waals surface area contributed by atoms with Crippen molar-refractivity contribution in [2.45, 2.75) is 26.2 Å². The van der Waals surface area contributed by atoms with E-state index in [-0.39, 0.29) is 0 Å². The third-order valence-corrected chi connectivity index (χ3v) is 2.99. The lowest BCUT2D eigenvalue weighted by Gasteiger charge is -2.03. The van der Waals surface area contributed by atoms with Crippen molar-refractivity contribution in [2.24, 2.45) is 0 Å². The molecule has 0 spiro atoms. The zero-order valence-electron chi connectivity index (χ0n) is 10.3. The molecule has 1 nitrogen and oxygen atoms in total. The van der Waals surface area contributed by atoms with Gasteiger partial charge in [0.05, 0.1) is 0 Å². The van der Waals surface area contributed by atoms with Crippen molar-refractivity contribution in [3.8, 4) is 0 Å². The van der Waals surface area contributed by atoms with E-state index in [4.69, 9.17) is 0 Å². The first-order valence-electron chi connectivity index (χ1n) is 6.06. The van der Waals surface area contributed by atoms with E-state index in [0.29, 0.717) is 12.0 Å². The number of nitrogens with zero attached hydrogens (tertiary/aromatic N) is 1. The monoisotopic (exact) mass is 247 g/mol. The quantitative estimate of drug-likeness (QED) is 0.750. The molecule has 1 aromatic heterocycles. The fourth-order valence-electron chi connectivity index (χ4n) is 1.83. The van der Waals surface area contributed by atoms with Gasteiger partial charge in [-0.3, -0.25) is 0 Å². The molecule has 0 amide bonds. The molecule has 0 radical (unpaired) electrons. The van der Waals surface area contributed by atoms with E-state index in [1.54, 1.807) is 0 Å². The Hall–Kier alpha value is -1.77. The fourth-order valence-corrected chi connectivity index (χ4v) is 1.83. The number of aryl methyl sites for hydroxylation is 3. The Labute approximate surface area is 105 Å². The average Bonchev–Trinajstić information content (AvgIpc) is 2.41. The van der Waals surface area contributed by atoms with Crippen LogP contribution in [0.3, 0.4) is 0 Å². The van der Waals surface area contributed by atoms with Gasteiger partial charge in [-0.05, 0) is 42.0 Å². The average molecular weight is 247 g/mol. The van der Waals surface area contributed by atoms with Crippen molar-refractivity contribution in [3.63, 3.8) is 0 Å². The third-order valence-electron chi connectivity index (χ3n) is 2.99. The molecule has 2 rings (SSSR count). The van der Waals surface area contributed by atoms with Gasteiger partial charge in [0.25, 0.3) is 0 Å². The lowest BCUT2D eigenvalue weighted by molar-refractivity contribution is 0.477. The first kappa shape index (κ1) is 12.7. The number of hydrogen-bond acceptors (Lipinski definition) is 1. The second-order valence-electron chi connectivity index (χ2n) is 4.29. The first-order valence-corrected chi connectivity index (χ1v) is 6.06. The van der Waals surface area contributed by atoms with Crippen molar-refractivity contribution >= 4 is 0 Å². The van der Waals surface area contributed by atoms with E-state index in [9.17, 15) is 8.78 Å². The highest BCUT2D eigenvalue weighted by Gasteiger charge is 2.04. The normalized spacial score (nSPS) is 10.6. The van der Waals surface area contributed by atoms with Gasteiger partial charge in [0.2, 0.25) is 5.95 Å². The van der Waals surface area contributed by atoms with E-state index in [1.165, 1.54) is 23.4 Å². The van der Waals surface area contributed by atoms with Crippen molar-refractivity contribution in [1.82, 2.24) is 4.98 Å². The van der Waals surface area contributed by atoms with E-state index in [1.807, 2.05) is 0 Å². The zero-order chi connectivity index (χ0) is 13.0. The van der Waals surface area contributed by atoms with Crippen LogP contribution in [-0.4, -0.2) is 4.98 Å². The first-order chi connectivity index (χ1) is 8.69. The van der Waals surface area contributed by atoms with Gasteiger partial charge in [-0.1, -0.05) is 31.2 Å². The molecule has 0 aliphatic carbocycles.